The molecule has 0 aromatic heterocycles. The van der Waals surface area contributed by atoms with Crippen molar-refractivity contribution in [2.45, 2.75) is 44.6 Å². The molecule has 2 saturated heterocycles. The normalized spacial score (nSPS) is 23.2. The predicted octanol–water partition coefficient (Wildman–Crippen LogP) is 2.47. The van der Waals surface area contributed by atoms with Crippen LogP contribution in [0.4, 0.5) is 0 Å². The van der Waals surface area contributed by atoms with Gasteiger partial charge in [-0.3, -0.25) is 9.80 Å². The molecule has 6 nitrogen and oxygen atoms in total. The van der Waals surface area contributed by atoms with Gasteiger partial charge in [0.25, 0.3) is 0 Å². The van der Waals surface area contributed by atoms with Crippen LogP contribution in [-0.2, 0) is 14.8 Å². The maximum absolute atomic E-state index is 13.0. The van der Waals surface area contributed by atoms with Crippen molar-refractivity contribution in [1.29, 1.82) is 0 Å². The molecule has 0 spiro atoms. The zero-order valence-electron chi connectivity index (χ0n) is 18.4. The Morgan fingerprint density at radius 2 is 1.62 bits per heavy atom. The first-order valence-corrected chi connectivity index (χ1v) is 12.4. The van der Waals surface area contributed by atoms with Gasteiger partial charge >= 0.3 is 0 Å². The molecule has 1 aromatic carbocycles. The van der Waals surface area contributed by atoms with Crippen LogP contribution in [0.5, 0.6) is 0 Å². The first-order chi connectivity index (χ1) is 13.8. The van der Waals surface area contributed by atoms with Gasteiger partial charge in [0, 0.05) is 52.4 Å². The van der Waals surface area contributed by atoms with Crippen LogP contribution in [0, 0.1) is 5.92 Å². The van der Waals surface area contributed by atoms with Crippen LogP contribution in [-0.4, -0.2) is 87.6 Å². The molecule has 0 bridgehead atoms. The largest absolute Gasteiger partial charge is 0.374 e. The highest BCUT2D eigenvalue weighted by Crippen LogP contribution is 2.21. The van der Waals surface area contributed by atoms with E-state index < -0.39 is 10.0 Å². The number of rotatable bonds is 7. The molecule has 1 atom stereocenters. The topological polar surface area (TPSA) is 53.1 Å². The van der Waals surface area contributed by atoms with Gasteiger partial charge in [0.05, 0.1) is 17.6 Å². The number of piperazine rings is 1. The molecule has 164 valence electrons. The van der Waals surface area contributed by atoms with E-state index in [4.69, 9.17) is 4.74 Å². The van der Waals surface area contributed by atoms with Crippen molar-refractivity contribution in [1.82, 2.24) is 14.1 Å². The summed E-state index contributed by atoms with van der Waals surface area (Å²) in [5, 5.41) is 0. The molecule has 7 heteroatoms. The van der Waals surface area contributed by atoms with E-state index in [1.54, 1.807) is 16.4 Å². The molecule has 1 aromatic rings. The predicted molar refractivity (Wildman–Crippen MR) is 117 cm³/mol. The summed E-state index contributed by atoms with van der Waals surface area (Å²) in [5.74, 6) is 1.06. The number of hydrogen-bond donors (Lipinski definition) is 0. The Bertz CT molecular complexity index is 741. The van der Waals surface area contributed by atoms with Crippen LogP contribution in [0.2, 0.25) is 0 Å². The average Bonchev–Trinajstić information content (AvgIpc) is 2.68. The Morgan fingerprint density at radius 3 is 2.21 bits per heavy atom. The Hall–Kier alpha value is -0.990. The maximum atomic E-state index is 13.0. The molecule has 0 saturated carbocycles. The summed E-state index contributed by atoms with van der Waals surface area (Å²) < 4.78 is 33.6. The number of hydrogen-bond acceptors (Lipinski definition) is 5. The van der Waals surface area contributed by atoms with Crippen LogP contribution >= 0.6 is 0 Å². The molecule has 3 rings (SSSR count). The van der Waals surface area contributed by atoms with Gasteiger partial charge in [-0.05, 0) is 29.5 Å². The third-order valence-electron chi connectivity index (χ3n) is 5.82. The zero-order valence-corrected chi connectivity index (χ0v) is 19.2. The van der Waals surface area contributed by atoms with Crippen molar-refractivity contribution in [3.05, 3.63) is 29.8 Å². The average molecular weight is 424 g/mol. The van der Waals surface area contributed by atoms with Crippen molar-refractivity contribution in [2.24, 2.45) is 5.92 Å². The highest BCUT2D eigenvalue weighted by atomic mass is 32.2. The van der Waals surface area contributed by atoms with Gasteiger partial charge in [0.2, 0.25) is 10.0 Å². The summed E-state index contributed by atoms with van der Waals surface area (Å²) >= 11 is 0. The lowest BCUT2D eigenvalue weighted by molar-refractivity contribution is -0.0486. The molecular weight excluding hydrogens is 386 g/mol. The third-order valence-corrected chi connectivity index (χ3v) is 7.74. The van der Waals surface area contributed by atoms with Crippen LogP contribution in [0.15, 0.2) is 29.2 Å². The molecule has 2 fully saturated rings. The quantitative estimate of drug-likeness (QED) is 0.674. The van der Waals surface area contributed by atoms with E-state index in [9.17, 15) is 8.42 Å². The molecule has 0 N–H and O–H groups in total. The van der Waals surface area contributed by atoms with Gasteiger partial charge in [0.15, 0.2) is 0 Å². The maximum Gasteiger partial charge on any atom is 0.243 e. The van der Waals surface area contributed by atoms with E-state index in [2.05, 4.69) is 37.5 Å². The minimum atomic E-state index is -3.42. The number of benzene rings is 1. The third kappa shape index (κ3) is 6.01. The number of nitrogens with zero attached hydrogens (tertiary/aromatic N) is 3. The first kappa shape index (κ1) is 22.7. The first-order valence-electron chi connectivity index (χ1n) is 10.9. The lowest BCUT2D eigenvalue weighted by atomic mass is 10.0. The second-order valence-corrected chi connectivity index (χ2v) is 11.0. The van der Waals surface area contributed by atoms with Crippen molar-refractivity contribution in [2.75, 3.05) is 59.0 Å². The Balaban J connectivity index is 1.52. The molecular formula is C22H37N3O3S. The summed E-state index contributed by atoms with van der Waals surface area (Å²) in [6.45, 7) is 16.1. The molecule has 0 unspecified atom stereocenters. The second kappa shape index (κ2) is 9.88. The van der Waals surface area contributed by atoms with Gasteiger partial charge in [-0.1, -0.05) is 39.8 Å². The second-order valence-electron chi connectivity index (χ2n) is 9.07. The van der Waals surface area contributed by atoms with Crippen molar-refractivity contribution < 1.29 is 13.2 Å². The smallest absolute Gasteiger partial charge is 0.243 e. The highest BCUT2D eigenvalue weighted by Gasteiger charge is 2.30. The minimum absolute atomic E-state index is 0.217. The Kier molecular flexibility index (Phi) is 7.73. The van der Waals surface area contributed by atoms with Gasteiger partial charge in [-0.15, -0.1) is 0 Å². The summed E-state index contributed by atoms with van der Waals surface area (Å²) in [6, 6.07) is 7.35. The summed E-state index contributed by atoms with van der Waals surface area (Å²) in [7, 11) is -3.42. The fourth-order valence-corrected chi connectivity index (χ4v) is 5.61. The molecule has 0 radical (unpaired) electrons. The molecule has 29 heavy (non-hydrogen) atoms. The van der Waals surface area contributed by atoms with Gasteiger partial charge in [0.1, 0.15) is 0 Å². The van der Waals surface area contributed by atoms with Crippen LogP contribution in [0.1, 0.15) is 39.2 Å². The fourth-order valence-electron chi connectivity index (χ4n) is 4.19. The van der Waals surface area contributed by atoms with E-state index in [1.807, 2.05) is 12.1 Å². The summed E-state index contributed by atoms with van der Waals surface area (Å²) in [5.41, 5.74) is 1.16. The van der Waals surface area contributed by atoms with E-state index in [-0.39, 0.29) is 6.10 Å². The van der Waals surface area contributed by atoms with Crippen LogP contribution in [0.3, 0.4) is 0 Å². The minimum Gasteiger partial charge on any atom is -0.374 e. The van der Waals surface area contributed by atoms with Gasteiger partial charge in [-0.25, -0.2) is 8.42 Å². The fraction of sp³-hybridized carbons (Fsp3) is 0.727. The molecule has 2 heterocycles. The lowest BCUT2D eigenvalue weighted by Gasteiger charge is -2.39. The van der Waals surface area contributed by atoms with Crippen molar-refractivity contribution >= 4 is 10.0 Å². The molecule has 0 aliphatic carbocycles. The summed E-state index contributed by atoms with van der Waals surface area (Å²) in [6.07, 6.45) is 0.217. The standard InChI is InChI=1S/C22H37N3O3S/c1-18(2)15-24-13-14-28-21(17-24)16-23-9-11-25(12-10-23)29(26,27)22-7-5-20(6-8-22)19(3)4/h5-8,18-19,21H,9-17H2,1-4H3/t21-/m1/s1. The molecule has 2 aliphatic rings. The SMILES string of the molecule is CC(C)CN1CCO[C@H](CN2CCN(S(=O)(=O)c3ccc(C(C)C)cc3)CC2)C1. The van der Waals surface area contributed by atoms with E-state index in [0.29, 0.717) is 29.8 Å². The van der Waals surface area contributed by atoms with Crippen LogP contribution < -0.4 is 0 Å². The van der Waals surface area contributed by atoms with Crippen molar-refractivity contribution in [3.63, 3.8) is 0 Å². The number of morpholine rings is 1. The number of ether oxygens (including phenoxy) is 1. The molecule has 0 amide bonds. The Morgan fingerprint density at radius 1 is 0.966 bits per heavy atom. The van der Waals surface area contributed by atoms with Crippen LogP contribution in [0.25, 0.3) is 0 Å². The lowest BCUT2D eigenvalue weighted by Crippen LogP contribution is -2.53. The van der Waals surface area contributed by atoms with E-state index in [0.717, 1.165) is 51.4 Å². The van der Waals surface area contributed by atoms with E-state index in [1.165, 1.54) is 0 Å². The van der Waals surface area contributed by atoms with E-state index >= 15 is 0 Å². The Labute approximate surface area is 176 Å². The van der Waals surface area contributed by atoms with Gasteiger partial charge in [-0.2, -0.15) is 4.31 Å². The monoisotopic (exact) mass is 423 g/mol. The zero-order chi connectivity index (χ0) is 21.0. The highest BCUT2D eigenvalue weighted by molar-refractivity contribution is 7.89. The summed E-state index contributed by atoms with van der Waals surface area (Å²) in [4.78, 5) is 5.23. The number of sulfonamides is 1. The van der Waals surface area contributed by atoms with Crippen molar-refractivity contribution in [3.8, 4) is 0 Å². The van der Waals surface area contributed by atoms with Gasteiger partial charge < -0.3 is 4.74 Å². The molecule has 2 aliphatic heterocycles.